The summed E-state index contributed by atoms with van der Waals surface area (Å²) in [6, 6.07) is 0. The zero-order valence-corrected chi connectivity index (χ0v) is 11.3. The van der Waals surface area contributed by atoms with E-state index in [0.717, 1.165) is 18.7 Å². The molecule has 1 fully saturated rings. The molecule has 1 aliphatic heterocycles. The molecule has 7 heteroatoms. The lowest BCUT2D eigenvalue weighted by atomic mass is 10.1. The molecule has 1 aromatic heterocycles. The van der Waals surface area contributed by atoms with Crippen molar-refractivity contribution in [3.63, 3.8) is 0 Å². The smallest absolute Gasteiger partial charge is 0.335 e. The molecule has 20 heavy (non-hydrogen) atoms. The van der Waals surface area contributed by atoms with E-state index in [4.69, 9.17) is 14.6 Å². The molecular formula is C13H17N3O4. The molecule has 1 aromatic rings. The lowest BCUT2D eigenvalue weighted by Crippen LogP contribution is -2.37. The molecule has 0 spiro atoms. The Balaban J connectivity index is 2.04. The number of ether oxygens (including phenoxy) is 2. The van der Waals surface area contributed by atoms with Gasteiger partial charge in [0.25, 0.3) is 0 Å². The molecule has 108 valence electrons. The van der Waals surface area contributed by atoms with Crippen molar-refractivity contribution in [3.8, 4) is 0 Å². The van der Waals surface area contributed by atoms with Crippen LogP contribution in [0.25, 0.3) is 0 Å². The van der Waals surface area contributed by atoms with Gasteiger partial charge in [-0.05, 0) is 5.56 Å². The number of rotatable bonds is 5. The number of carboxylic acid groups (broad SMARTS) is 1. The highest BCUT2D eigenvalue weighted by Gasteiger charge is 2.14. The van der Waals surface area contributed by atoms with Crippen LogP contribution in [0.1, 0.15) is 5.56 Å². The summed E-state index contributed by atoms with van der Waals surface area (Å²) in [6.07, 6.45) is 4.74. The van der Waals surface area contributed by atoms with Crippen molar-refractivity contribution in [2.45, 2.75) is 6.42 Å². The van der Waals surface area contributed by atoms with E-state index in [0.29, 0.717) is 19.2 Å². The first-order valence-electron chi connectivity index (χ1n) is 6.29. The van der Waals surface area contributed by atoms with E-state index in [1.165, 1.54) is 13.4 Å². The molecule has 0 atom stereocenters. The summed E-state index contributed by atoms with van der Waals surface area (Å²) in [7, 11) is 1.42. The Bertz CT molecular complexity index is 481. The summed E-state index contributed by atoms with van der Waals surface area (Å²) < 4.78 is 10.0. The molecule has 0 radical (unpaired) electrons. The van der Waals surface area contributed by atoms with Crippen LogP contribution in [-0.2, 0) is 20.7 Å². The van der Waals surface area contributed by atoms with E-state index in [1.54, 1.807) is 12.4 Å². The van der Waals surface area contributed by atoms with Crippen LogP contribution in [0.4, 0.5) is 5.95 Å². The fourth-order valence-corrected chi connectivity index (χ4v) is 1.90. The maximum absolute atomic E-state index is 11.0. The van der Waals surface area contributed by atoms with Gasteiger partial charge >= 0.3 is 5.97 Å². The predicted molar refractivity (Wildman–Crippen MR) is 71.5 cm³/mol. The number of methoxy groups -OCH3 is 1. The Morgan fingerprint density at radius 3 is 2.65 bits per heavy atom. The summed E-state index contributed by atoms with van der Waals surface area (Å²) in [5.74, 6) is -0.367. The molecule has 0 saturated carbocycles. The Hall–Kier alpha value is -2.15. The highest BCUT2D eigenvalue weighted by atomic mass is 16.5. The highest BCUT2D eigenvalue weighted by Crippen LogP contribution is 2.12. The predicted octanol–water partition coefficient (Wildman–Crippen LogP) is 0.471. The molecule has 0 unspecified atom stereocenters. The average molecular weight is 279 g/mol. The van der Waals surface area contributed by atoms with Gasteiger partial charge in [-0.2, -0.15) is 0 Å². The highest BCUT2D eigenvalue weighted by molar-refractivity contribution is 5.86. The van der Waals surface area contributed by atoms with Crippen LogP contribution in [-0.4, -0.2) is 54.5 Å². The number of nitrogens with zero attached hydrogens (tertiary/aromatic N) is 3. The van der Waals surface area contributed by atoms with Gasteiger partial charge in [0.2, 0.25) is 5.95 Å². The van der Waals surface area contributed by atoms with Crippen LogP contribution >= 0.6 is 0 Å². The molecular weight excluding hydrogens is 262 g/mol. The summed E-state index contributed by atoms with van der Waals surface area (Å²) in [5.41, 5.74) is 0.892. The van der Waals surface area contributed by atoms with Crippen molar-refractivity contribution in [2.75, 3.05) is 38.3 Å². The minimum atomic E-state index is -1.01. The number of anilines is 1. The van der Waals surface area contributed by atoms with Gasteiger partial charge in [-0.1, -0.05) is 0 Å². The zero-order chi connectivity index (χ0) is 14.4. The number of carbonyl (C=O) groups is 1. The Morgan fingerprint density at radius 1 is 1.45 bits per heavy atom. The normalized spacial score (nSPS) is 16.1. The zero-order valence-electron chi connectivity index (χ0n) is 11.3. The van der Waals surface area contributed by atoms with Crippen LogP contribution < -0.4 is 4.90 Å². The first kappa shape index (κ1) is 14.3. The maximum atomic E-state index is 11.0. The van der Waals surface area contributed by atoms with Crippen LogP contribution in [0.5, 0.6) is 0 Å². The first-order valence-corrected chi connectivity index (χ1v) is 6.29. The van der Waals surface area contributed by atoms with Gasteiger partial charge in [-0.15, -0.1) is 0 Å². The van der Waals surface area contributed by atoms with Crippen LogP contribution in [0.2, 0.25) is 0 Å². The van der Waals surface area contributed by atoms with E-state index in [-0.39, 0.29) is 12.0 Å². The van der Waals surface area contributed by atoms with E-state index in [2.05, 4.69) is 9.97 Å². The molecule has 0 aromatic carbocycles. The van der Waals surface area contributed by atoms with Gasteiger partial charge in [0.05, 0.1) is 32.2 Å². The minimum absolute atomic E-state index is 0.162. The van der Waals surface area contributed by atoms with Crippen molar-refractivity contribution >= 4 is 11.9 Å². The minimum Gasteiger partial charge on any atom is -0.504 e. The van der Waals surface area contributed by atoms with E-state index in [1.807, 2.05) is 4.90 Å². The van der Waals surface area contributed by atoms with Crippen molar-refractivity contribution in [2.24, 2.45) is 0 Å². The molecule has 1 saturated heterocycles. The average Bonchev–Trinajstić information content (AvgIpc) is 2.48. The molecule has 1 N–H and O–H groups in total. The third kappa shape index (κ3) is 3.67. The fraction of sp³-hybridized carbons (Fsp3) is 0.462. The molecule has 0 amide bonds. The number of aromatic nitrogens is 2. The summed E-state index contributed by atoms with van der Waals surface area (Å²) >= 11 is 0. The summed E-state index contributed by atoms with van der Waals surface area (Å²) in [4.78, 5) is 21.6. The van der Waals surface area contributed by atoms with Crippen LogP contribution in [0.3, 0.4) is 0 Å². The molecule has 1 aliphatic rings. The SMILES string of the molecule is CO/C=C(\Cc1cnc(N2CCOCC2)nc1)C(=O)O. The van der Waals surface area contributed by atoms with Gasteiger partial charge in [0.1, 0.15) is 0 Å². The summed E-state index contributed by atoms with van der Waals surface area (Å²) in [6.45, 7) is 2.88. The monoisotopic (exact) mass is 279 g/mol. The second kappa shape index (κ2) is 6.85. The third-order valence-corrected chi connectivity index (χ3v) is 2.91. The topological polar surface area (TPSA) is 84.8 Å². The number of morpholine rings is 1. The number of hydrogen-bond donors (Lipinski definition) is 1. The van der Waals surface area contributed by atoms with E-state index >= 15 is 0 Å². The van der Waals surface area contributed by atoms with Crippen LogP contribution in [0, 0.1) is 0 Å². The standard InChI is InChI=1S/C13H17N3O4/c1-19-9-11(12(17)18)6-10-7-14-13(15-8-10)16-2-4-20-5-3-16/h7-9H,2-6H2,1H3,(H,17,18)/b11-9+. The number of hydrogen-bond acceptors (Lipinski definition) is 6. The second-order valence-electron chi connectivity index (χ2n) is 4.35. The van der Waals surface area contributed by atoms with Gasteiger partial charge in [0.15, 0.2) is 0 Å². The first-order chi connectivity index (χ1) is 9.70. The molecule has 0 aliphatic carbocycles. The fourth-order valence-electron chi connectivity index (χ4n) is 1.90. The van der Waals surface area contributed by atoms with E-state index < -0.39 is 5.97 Å². The van der Waals surface area contributed by atoms with Gasteiger partial charge in [-0.25, -0.2) is 14.8 Å². The second-order valence-corrected chi connectivity index (χ2v) is 4.35. The lowest BCUT2D eigenvalue weighted by Gasteiger charge is -2.26. The lowest BCUT2D eigenvalue weighted by molar-refractivity contribution is -0.132. The van der Waals surface area contributed by atoms with Crippen molar-refractivity contribution in [1.29, 1.82) is 0 Å². The van der Waals surface area contributed by atoms with Crippen molar-refractivity contribution in [1.82, 2.24) is 9.97 Å². The quantitative estimate of drug-likeness (QED) is 0.619. The Labute approximate surface area is 116 Å². The Morgan fingerprint density at radius 2 is 2.10 bits per heavy atom. The van der Waals surface area contributed by atoms with Gasteiger partial charge in [0, 0.05) is 31.9 Å². The number of carboxylic acids is 1. The molecule has 2 rings (SSSR count). The van der Waals surface area contributed by atoms with Crippen molar-refractivity contribution in [3.05, 3.63) is 29.8 Å². The van der Waals surface area contributed by atoms with Gasteiger partial charge < -0.3 is 19.5 Å². The van der Waals surface area contributed by atoms with E-state index in [9.17, 15) is 4.79 Å². The maximum Gasteiger partial charge on any atom is 0.335 e. The molecule has 2 heterocycles. The van der Waals surface area contributed by atoms with Crippen LogP contribution in [0.15, 0.2) is 24.2 Å². The Kier molecular flexibility index (Phi) is 4.89. The van der Waals surface area contributed by atoms with Crippen molar-refractivity contribution < 1.29 is 19.4 Å². The molecule has 7 nitrogen and oxygen atoms in total. The summed E-state index contributed by atoms with van der Waals surface area (Å²) in [5, 5.41) is 9.01. The number of aliphatic carboxylic acids is 1. The third-order valence-electron chi connectivity index (χ3n) is 2.91. The molecule has 0 bridgehead atoms. The van der Waals surface area contributed by atoms with Gasteiger partial charge in [-0.3, -0.25) is 0 Å². The largest absolute Gasteiger partial charge is 0.504 e.